The lowest BCUT2D eigenvalue weighted by atomic mass is 10.2. The minimum Gasteiger partial charge on any atom is -0.508 e. The third-order valence-corrected chi connectivity index (χ3v) is 2.28. The molecule has 0 aromatic heterocycles. The van der Waals surface area contributed by atoms with Gasteiger partial charge in [0.15, 0.2) is 0 Å². The summed E-state index contributed by atoms with van der Waals surface area (Å²) < 4.78 is 0. The van der Waals surface area contributed by atoms with E-state index < -0.39 is 0 Å². The van der Waals surface area contributed by atoms with E-state index in [1.165, 1.54) is 0 Å². The molecular weight excluding hydrogens is 186 g/mol. The first-order chi connectivity index (χ1) is 7.26. The van der Waals surface area contributed by atoms with Crippen LogP contribution in [0.25, 0.3) is 0 Å². The van der Waals surface area contributed by atoms with E-state index in [2.05, 4.69) is 30.6 Å². The number of rotatable bonds is 3. The minimum absolute atomic E-state index is 0.268. The Morgan fingerprint density at radius 2 is 2.00 bits per heavy atom. The maximum Gasteiger partial charge on any atom is 0.116 e. The number of phenolic OH excluding ortho intramolecular Hbond substituents is 1. The van der Waals surface area contributed by atoms with Crippen molar-refractivity contribution < 1.29 is 5.11 Å². The Morgan fingerprint density at radius 1 is 1.27 bits per heavy atom. The fraction of sp³-hybridized carbons (Fsp3) is 0.385. The van der Waals surface area contributed by atoms with Crippen LogP contribution in [0.2, 0.25) is 0 Å². The third-order valence-electron chi connectivity index (χ3n) is 2.28. The van der Waals surface area contributed by atoms with Crippen molar-refractivity contribution in [3.05, 3.63) is 29.8 Å². The van der Waals surface area contributed by atoms with Gasteiger partial charge in [0.25, 0.3) is 0 Å². The predicted molar refractivity (Wildman–Crippen MR) is 62.8 cm³/mol. The molecule has 15 heavy (non-hydrogen) atoms. The van der Waals surface area contributed by atoms with Gasteiger partial charge in [0.2, 0.25) is 0 Å². The van der Waals surface area contributed by atoms with E-state index in [0.717, 1.165) is 25.2 Å². The fourth-order valence-corrected chi connectivity index (χ4v) is 1.28. The quantitative estimate of drug-likeness (QED) is 0.760. The van der Waals surface area contributed by atoms with Crippen LogP contribution in [-0.4, -0.2) is 29.6 Å². The largest absolute Gasteiger partial charge is 0.508 e. The highest BCUT2D eigenvalue weighted by molar-refractivity contribution is 5.39. The highest BCUT2D eigenvalue weighted by atomic mass is 16.3. The second kappa shape index (κ2) is 6.10. The molecule has 0 aliphatic heterocycles. The van der Waals surface area contributed by atoms with Crippen LogP contribution >= 0.6 is 0 Å². The first-order valence-corrected chi connectivity index (χ1v) is 5.26. The van der Waals surface area contributed by atoms with Gasteiger partial charge in [-0.05, 0) is 31.3 Å². The Labute approximate surface area is 91.5 Å². The van der Waals surface area contributed by atoms with Gasteiger partial charge in [0.05, 0.1) is 6.54 Å². The van der Waals surface area contributed by atoms with Gasteiger partial charge in [0, 0.05) is 5.56 Å². The summed E-state index contributed by atoms with van der Waals surface area (Å²) in [6.45, 7) is 7.07. The summed E-state index contributed by atoms with van der Waals surface area (Å²) in [6.07, 6.45) is 0. The Hall–Kier alpha value is -1.46. The van der Waals surface area contributed by atoms with E-state index in [4.69, 9.17) is 0 Å². The SMILES string of the molecule is CCN(CC)CC#Cc1cccc(O)c1. The third kappa shape index (κ3) is 4.05. The van der Waals surface area contributed by atoms with Crippen LogP contribution < -0.4 is 0 Å². The van der Waals surface area contributed by atoms with Gasteiger partial charge in [-0.25, -0.2) is 0 Å². The molecule has 0 heterocycles. The normalized spacial score (nSPS) is 9.80. The summed E-state index contributed by atoms with van der Waals surface area (Å²) in [4.78, 5) is 2.25. The number of hydrogen-bond donors (Lipinski definition) is 1. The zero-order valence-corrected chi connectivity index (χ0v) is 9.33. The summed E-state index contributed by atoms with van der Waals surface area (Å²) >= 11 is 0. The van der Waals surface area contributed by atoms with Crippen LogP contribution in [0.4, 0.5) is 0 Å². The van der Waals surface area contributed by atoms with E-state index >= 15 is 0 Å². The van der Waals surface area contributed by atoms with Crippen LogP contribution in [0.3, 0.4) is 0 Å². The highest BCUT2D eigenvalue weighted by Crippen LogP contribution is 2.09. The Morgan fingerprint density at radius 3 is 2.60 bits per heavy atom. The van der Waals surface area contributed by atoms with Gasteiger partial charge in [-0.3, -0.25) is 4.90 Å². The summed E-state index contributed by atoms with van der Waals surface area (Å²) in [5.41, 5.74) is 0.863. The molecule has 1 aromatic rings. The van der Waals surface area contributed by atoms with Crippen molar-refractivity contribution in [2.45, 2.75) is 13.8 Å². The zero-order chi connectivity index (χ0) is 11.1. The smallest absolute Gasteiger partial charge is 0.116 e. The van der Waals surface area contributed by atoms with Crippen LogP contribution in [0.1, 0.15) is 19.4 Å². The molecule has 0 amide bonds. The topological polar surface area (TPSA) is 23.5 Å². The molecular formula is C13H17NO. The van der Waals surface area contributed by atoms with Gasteiger partial charge in [-0.1, -0.05) is 31.8 Å². The van der Waals surface area contributed by atoms with Crippen LogP contribution in [0.5, 0.6) is 5.75 Å². The van der Waals surface area contributed by atoms with Crippen molar-refractivity contribution in [1.29, 1.82) is 0 Å². The van der Waals surface area contributed by atoms with Crippen molar-refractivity contribution in [2.24, 2.45) is 0 Å². The van der Waals surface area contributed by atoms with E-state index in [1.54, 1.807) is 18.2 Å². The van der Waals surface area contributed by atoms with Crippen molar-refractivity contribution >= 4 is 0 Å². The molecule has 0 aliphatic carbocycles. The standard InChI is InChI=1S/C13H17NO/c1-3-14(4-2)10-6-8-12-7-5-9-13(15)11-12/h5,7,9,11,15H,3-4,10H2,1-2H3. The first-order valence-electron chi connectivity index (χ1n) is 5.26. The molecule has 1 N–H and O–H groups in total. The molecule has 80 valence electrons. The van der Waals surface area contributed by atoms with Crippen molar-refractivity contribution in [3.63, 3.8) is 0 Å². The molecule has 2 heteroatoms. The van der Waals surface area contributed by atoms with Crippen molar-refractivity contribution in [3.8, 4) is 17.6 Å². The molecule has 0 spiro atoms. The lowest BCUT2D eigenvalue weighted by Gasteiger charge is -2.13. The number of nitrogens with zero attached hydrogens (tertiary/aromatic N) is 1. The summed E-state index contributed by atoms with van der Waals surface area (Å²) in [7, 11) is 0. The number of benzene rings is 1. The molecule has 0 saturated heterocycles. The maximum absolute atomic E-state index is 9.24. The Balaban J connectivity index is 2.58. The first kappa shape index (κ1) is 11.6. The molecule has 0 unspecified atom stereocenters. The molecule has 1 rings (SSSR count). The average molecular weight is 203 g/mol. The Bertz CT molecular complexity index is 358. The monoisotopic (exact) mass is 203 g/mol. The van der Waals surface area contributed by atoms with Gasteiger partial charge in [0.1, 0.15) is 5.75 Å². The van der Waals surface area contributed by atoms with Gasteiger partial charge < -0.3 is 5.11 Å². The van der Waals surface area contributed by atoms with Gasteiger partial charge >= 0.3 is 0 Å². The molecule has 0 bridgehead atoms. The number of hydrogen-bond acceptors (Lipinski definition) is 2. The maximum atomic E-state index is 9.24. The van der Waals surface area contributed by atoms with Gasteiger partial charge in [-0.2, -0.15) is 0 Å². The molecule has 0 atom stereocenters. The highest BCUT2D eigenvalue weighted by Gasteiger charge is 1.93. The molecule has 0 radical (unpaired) electrons. The fourth-order valence-electron chi connectivity index (χ4n) is 1.28. The van der Waals surface area contributed by atoms with Crippen molar-refractivity contribution in [1.82, 2.24) is 4.90 Å². The van der Waals surface area contributed by atoms with Gasteiger partial charge in [-0.15, -0.1) is 0 Å². The predicted octanol–water partition coefficient (Wildman–Crippen LogP) is 2.09. The molecule has 1 aromatic carbocycles. The minimum atomic E-state index is 0.268. The lowest BCUT2D eigenvalue weighted by Crippen LogP contribution is -2.22. The van der Waals surface area contributed by atoms with E-state index in [-0.39, 0.29) is 5.75 Å². The van der Waals surface area contributed by atoms with E-state index in [1.807, 2.05) is 6.07 Å². The molecule has 0 fully saturated rings. The second-order valence-electron chi connectivity index (χ2n) is 3.31. The summed E-state index contributed by atoms with van der Waals surface area (Å²) in [5.74, 6) is 6.40. The summed E-state index contributed by atoms with van der Waals surface area (Å²) in [5, 5.41) is 9.24. The zero-order valence-electron chi connectivity index (χ0n) is 9.33. The number of phenols is 1. The number of aromatic hydroxyl groups is 1. The lowest BCUT2D eigenvalue weighted by molar-refractivity contribution is 0.342. The molecule has 2 nitrogen and oxygen atoms in total. The van der Waals surface area contributed by atoms with Crippen LogP contribution in [-0.2, 0) is 0 Å². The van der Waals surface area contributed by atoms with E-state index in [0.29, 0.717) is 0 Å². The van der Waals surface area contributed by atoms with Crippen LogP contribution in [0, 0.1) is 11.8 Å². The molecule has 0 saturated carbocycles. The van der Waals surface area contributed by atoms with Crippen LogP contribution in [0.15, 0.2) is 24.3 Å². The van der Waals surface area contributed by atoms with Crippen molar-refractivity contribution in [2.75, 3.05) is 19.6 Å². The second-order valence-corrected chi connectivity index (χ2v) is 3.31. The van der Waals surface area contributed by atoms with E-state index in [9.17, 15) is 5.11 Å². The molecule has 0 aliphatic rings. The summed E-state index contributed by atoms with van der Waals surface area (Å²) in [6, 6.07) is 7.02. The average Bonchev–Trinajstić information content (AvgIpc) is 2.25. The Kier molecular flexibility index (Phi) is 4.73.